The van der Waals surface area contributed by atoms with Crippen LogP contribution in [-0.2, 0) is 11.3 Å². The van der Waals surface area contributed by atoms with Crippen LogP contribution in [0, 0.1) is 6.92 Å². The van der Waals surface area contributed by atoms with Gasteiger partial charge in [-0.05, 0) is 12.0 Å². The number of hydrogen-bond donors (Lipinski definition) is 1. The summed E-state index contributed by atoms with van der Waals surface area (Å²) in [5.41, 5.74) is 1.16. The minimum absolute atomic E-state index is 0.175. The van der Waals surface area contributed by atoms with E-state index in [0.717, 1.165) is 18.4 Å². The number of hydrogen-bond acceptors (Lipinski definition) is 1. The van der Waals surface area contributed by atoms with Gasteiger partial charge >= 0.3 is 0 Å². The molecule has 0 spiro atoms. The van der Waals surface area contributed by atoms with Gasteiger partial charge in [0.05, 0.1) is 0 Å². The lowest BCUT2D eigenvalue weighted by Gasteiger charge is -2.05. The first-order valence-electron chi connectivity index (χ1n) is 8.43. The van der Waals surface area contributed by atoms with E-state index in [1.807, 2.05) is 30.3 Å². The number of rotatable bonds is 12. The molecule has 21 heavy (non-hydrogen) atoms. The maximum absolute atomic E-state index is 11.7. The molecule has 1 aromatic carbocycles. The van der Waals surface area contributed by atoms with Crippen molar-refractivity contribution in [2.75, 3.05) is 0 Å². The lowest BCUT2D eigenvalue weighted by Crippen LogP contribution is -2.22. The van der Waals surface area contributed by atoms with Gasteiger partial charge in [0, 0.05) is 13.0 Å². The molecule has 1 amide bonds. The molecule has 1 aromatic rings. The molecule has 1 rings (SSSR count). The van der Waals surface area contributed by atoms with Crippen molar-refractivity contribution < 1.29 is 4.79 Å². The molecule has 0 heterocycles. The summed E-state index contributed by atoms with van der Waals surface area (Å²) in [5.74, 6) is 0.175. The molecule has 0 aliphatic heterocycles. The smallest absolute Gasteiger partial charge is 0.220 e. The van der Waals surface area contributed by atoms with Crippen molar-refractivity contribution in [3.63, 3.8) is 0 Å². The third-order valence-corrected chi connectivity index (χ3v) is 3.74. The van der Waals surface area contributed by atoms with Crippen molar-refractivity contribution in [2.24, 2.45) is 0 Å². The monoisotopic (exact) mass is 288 g/mol. The maximum atomic E-state index is 11.7. The molecule has 0 saturated carbocycles. The summed E-state index contributed by atoms with van der Waals surface area (Å²) in [7, 11) is 0. The topological polar surface area (TPSA) is 29.1 Å². The summed E-state index contributed by atoms with van der Waals surface area (Å²) in [6.07, 6.45) is 11.7. The maximum Gasteiger partial charge on any atom is 0.220 e. The van der Waals surface area contributed by atoms with Gasteiger partial charge in [0.2, 0.25) is 5.91 Å². The van der Waals surface area contributed by atoms with Gasteiger partial charge in [-0.3, -0.25) is 4.79 Å². The zero-order valence-corrected chi connectivity index (χ0v) is 13.3. The van der Waals surface area contributed by atoms with Crippen LogP contribution in [-0.4, -0.2) is 5.91 Å². The van der Waals surface area contributed by atoms with Gasteiger partial charge < -0.3 is 5.32 Å². The Labute approximate surface area is 130 Å². The van der Waals surface area contributed by atoms with Crippen molar-refractivity contribution in [3.8, 4) is 0 Å². The van der Waals surface area contributed by atoms with Gasteiger partial charge in [-0.25, -0.2) is 0 Å². The Morgan fingerprint density at radius 1 is 0.857 bits per heavy atom. The van der Waals surface area contributed by atoms with Crippen LogP contribution in [0.5, 0.6) is 0 Å². The molecular weight excluding hydrogens is 258 g/mol. The van der Waals surface area contributed by atoms with Crippen LogP contribution in [0.25, 0.3) is 0 Å². The SMILES string of the molecule is [CH2]CCCCCCCCCCC(=O)NCc1ccccc1. The summed E-state index contributed by atoms with van der Waals surface area (Å²) in [4.78, 5) is 11.7. The average Bonchev–Trinajstić information content (AvgIpc) is 2.52. The Bertz CT molecular complexity index is 361. The molecule has 0 fully saturated rings. The Hall–Kier alpha value is -1.31. The highest BCUT2D eigenvalue weighted by atomic mass is 16.1. The van der Waals surface area contributed by atoms with Crippen LogP contribution in [0.3, 0.4) is 0 Å². The lowest BCUT2D eigenvalue weighted by atomic mass is 10.1. The van der Waals surface area contributed by atoms with Crippen LogP contribution >= 0.6 is 0 Å². The fourth-order valence-electron chi connectivity index (χ4n) is 2.41. The molecule has 0 unspecified atom stereocenters. The van der Waals surface area contributed by atoms with E-state index >= 15 is 0 Å². The Morgan fingerprint density at radius 3 is 2.05 bits per heavy atom. The second kappa shape index (κ2) is 12.4. The van der Waals surface area contributed by atoms with E-state index in [0.29, 0.717) is 13.0 Å². The minimum Gasteiger partial charge on any atom is -0.352 e. The van der Waals surface area contributed by atoms with Crippen molar-refractivity contribution in [3.05, 3.63) is 42.8 Å². The quantitative estimate of drug-likeness (QED) is 0.536. The highest BCUT2D eigenvalue weighted by Gasteiger charge is 2.01. The van der Waals surface area contributed by atoms with Crippen LogP contribution in [0.1, 0.15) is 69.8 Å². The average molecular weight is 288 g/mol. The molecule has 0 saturated heterocycles. The molecule has 0 bridgehead atoms. The van der Waals surface area contributed by atoms with Crippen LogP contribution in [0.2, 0.25) is 0 Å². The predicted molar refractivity (Wildman–Crippen MR) is 89.8 cm³/mol. The summed E-state index contributed by atoms with van der Waals surface area (Å²) < 4.78 is 0. The fourth-order valence-corrected chi connectivity index (χ4v) is 2.41. The lowest BCUT2D eigenvalue weighted by molar-refractivity contribution is -0.121. The van der Waals surface area contributed by atoms with E-state index in [1.54, 1.807) is 0 Å². The highest BCUT2D eigenvalue weighted by Crippen LogP contribution is 2.10. The Balaban J connectivity index is 1.89. The van der Waals surface area contributed by atoms with E-state index in [2.05, 4.69) is 12.2 Å². The van der Waals surface area contributed by atoms with Crippen molar-refractivity contribution in [2.45, 2.75) is 70.8 Å². The van der Waals surface area contributed by atoms with E-state index < -0.39 is 0 Å². The number of amides is 1. The molecule has 1 radical (unpaired) electrons. The molecule has 0 aromatic heterocycles. The van der Waals surface area contributed by atoms with Gasteiger partial charge in [0.15, 0.2) is 0 Å². The van der Waals surface area contributed by atoms with Gasteiger partial charge in [-0.2, -0.15) is 0 Å². The second-order valence-electron chi connectivity index (χ2n) is 5.69. The van der Waals surface area contributed by atoms with Gasteiger partial charge in [-0.1, -0.05) is 88.6 Å². The molecule has 2 nitrogen and oxygen atoms in total. The van der Waals surface area contributed by atoms with Gasteiger partial charge in [0.25, 0.3) is 0 Å². The molecule has 0 aliphatic carbocycles. The fraction of sp³-hybridized carbons (Fsp3) is 0.579. The zero-order chi connectivity index (χ0) is 15.2. The Morgan fingerprint density at radius 2 is 1.43 bits per heavy atom. The third-order valence-electron chi connectivity index (χ3n) is 3.74. The van der Waals surface area contributed by atoms with E-state index in [4.69, 9.17) is 0 Å². The normalized spacial score (nSPS) is 10.5. The molecule has 117 valence electrons. The minimum atomic E-state index is 0.175. The number of benzene rings is 1. The Kier molecular flexibility index (Phi) is 10.5. The second-order valence-corrected chi connectivity index (χ2v) is 5.69. The van der Waals surface area contributed by atoms with Crippen LogP contribution < -0.4 is 5.32 Å². The highest BCUT2D eigenvalue weighted by molar-refractivity contribution is 5.75. The number of unbranched alkanes of at least 4 members (excludes halogenated alkanes) is 8. The standard InChI is InChI=1S/C19H30NO/c1-2-3-4-5-6-7-8-9-13-16-19(21)20-17-18-14-11-10-12-15-18/h10-12,14-15H,1-9,13,16-17H2,(H,20,21). The van der Waals surface area contributed by atoms with Crippen molar-refractivity contribution in [1.29, 1.82) is 0 Å². The van der Waals surface area contributed by atoms with Gasteiger partial charge in [0.1, 0.15) is 0 Å². The first-order valence-corrected chi connectivity index (χ1v) is 8.43. The van der Waals surface area contributed by atoms with E-state index in [1.165, 1.54) is 44.9 Å². The molecule has 0 aliphatic rings. The van der Waals surface area contributed by atoms with Crippen molar-refractivity contribution >= 4 is 5.91 Å². The van der Waals surface area contributed by atoms with E-state index in [9.17, 15) is 4.79 Å². The number of nitrogens with one attached hydrogen (secondary N) is 1. The molecule has 0 atom stereocenters. The van der Waals surface area contributed by atoms with Gasteiger partial charge in [-0.15, -0.1) is 0 Å². The van der Waals surface area contributed by atoms with E-state index in [-0.39, 0.29) is 5.91 Å². The molecular formula is C19H30NO. The van der Waals surface area contributed by atoms with Crippen LogP contribution in [0.4, 0.5) is 0 Å². The summed E-state index contributed by atoms with van der Waals surface area (Å²) in [6, 6.07) is 10.1. The predicted octanol–water partition coefficient (Wildman–Crippen LogP) is 5.04. The summed E-state index contributed by atoms with van der Waals surface area (Å²) in [5, 5.41) is 2.98. The summed E-state index contributed by atoms with van der Waals surface area (Å²) >= 11 is 0. The molecule has 2 heteroatoms. The third kappa shape index (κ3) is 10.1. The zero-order valence-electron chi connectivity index (χ0n) is 13.3. The summed E-state index contributed by atoms with van der Waals surface area (Å²) in [6.45, 7) is 4.50. The number of carbonyl (C=O) groups excluding carboxylic acids is 1. The first kappa shape index (κ1) is 17.7. The van der Waals surface area contributed by atoms with Crippen LogP contribution in [0.15, 0.2) is 30.3 Å². The first-order chi connectivity index (χ1) is 10.3. The number of carbonyl (C=O) groups is 1. The molecule has 1 N–H and O–H groups in total. The largest absolute Gasteiger partial charge is 0.352 e. The van der Waals surface area contributed by atoms with Crippen molar-refractivity contribution in [1.82, 2.24) is 5.32 Å².